The Hall–Kier alpha value is -5.85. The molecule has 1 aromatic heterocycles. The van der Waals surface area contributed by atoms with Crippen LogP contribution in [0.25, 0.3) is 45.6 Å². The molecule has 2 amide bonds. The summed E-state index contributed by atoms with van der Waals surface area (Å²) in [5, 5.41) is 45.7. The van der Waals surface area contributed by atoms with Crippen LogP contribution in [-0.4, -0.2) is 90.0 Å². The van der Waals surface area contributed by atoms with Gasteiger partial charge in [0.25, 0.3) is 5.91 Å². The molecule has 5 aliphatic rings. The van der Waals surface area contributed by atoms with Crippen LogP contribution < -0.4 is 32.3 Å². The first kappa shape index (κ1) is 39.0. The number of nitrogens with zero attached hydrogens (tertiary/aromatic N) is 1. The summed E-state index contributed by atoms with van der Waals surface area (Å²) in [5.41, 5.74) is 1.15. The van der Waals surface area contributed by atoms with E-state index in [2.05, 4.69) is 10.6 Å². The van der Waals surface area contributed by atoms with E-state index in [0.717, 1.165) is 4.90 Å². The second-order valence-corrected chi connectivity index (χ2v) is 16.2. The molecule has 6 N–H and O–H groups in total. The van der Waals surface area contributed by atoms with Crippen molar-refractivity contribution in [2.24, 2.45) is 0 Å². The maximum absolute atomic E-state index is 13.3. The van der Waals surface area contributed by atoms with Crippen LogP contribution in [0.4, 0.5) is 0 Å². The van der Waals surface area contributed by atoms with Crippen molar-refractivity contribution in [2.75, 3.05) is 18.1 Å². The van der Waals surface area contributed by atoms with Gasteiger partial charge in [0.05, 0.1) is 29.2 Å². The highest BCUT2D eigenvalue weighted by Crippen LogP contribution is 2.44. The van der Waals surface area contributed by atoms with Gasteiger partial charge in [-0.2, -0.15) is 0 Å². The van der Waals surface area contributed by atoms with E-state index < -0.39 is 52.3 Å². The predicted octanol–water partition coefficient (Wildman–Crippen LogP) is 2.09. The number of aliphatic hydroxyl groups is 1. The molecule has 8 rings (SSSR count). The number of hydrogen-bond acceptors (Lipinski definition) is 13. The molecule has 58 heavy (non-hydrogen) atoms. The van der Waals surface area contributed by atoms with Gasteiger partial charge in [0.15, 0.2) is 5.43 Å². The number of carbonyl (C=O) groups excluding carboxylic acids is 2. The van der Waals surface area contributed by atoms with Crippen molar-refractivity contribution in [2.45, 2.75) is 34.3 Å². The number of thioether (sulfide) groups is 2. The molecule has 2 aliphatic carbocycles. The molecule has 1 saturated heterocycles. The van der Waals surface area contributed by atoms with E-state index in [4.69, 9.17) is 20.4 Å². The highest BCUT2D eigenvalue weighted by molar-refractivity contribution is 8.01. The van der Waals surface area contributed by atoms with Crippen LogP contribution in [0.15, 0.2) is 95.3 Å². The number of phenols is 1. The number of halogens is 1. The van der Waals surface area contributed by atoms with Crippen molar-refractivity contribution in [1.82, 2.24) is 15.5 Å². The molecule has 18 heteroatoms. The maximum atomic E-state index is 13.3. The van der Waals surface area contributed by atoms with Crippen molar-refractivity contribution in [1.29, 1.82) is 0 Å². The van der Waals surface area contributed by atoms with Gasteiger partial charge in [-0.3, -0.25) is 19.3 Å². The number of aromatic carboxylic acids is 1. The van der Waals surface area contributed by atoms with Crippen LogP contribution in [0.3, 0.4) is 0 Å². The number of carboxylic acid groups (broad SMARTS) is 2. The first-order valence-electron chi connectivity index (χ1n) is 17.6. The van der Waals surface area contributed by atoms with E-state index in [-0.39, 0.29) is 69.4 Å². The van der Waals surface area contributed by atoms with E-state index in [1.807, 2.05) is 0 Å². The number of β-lactam (4-membered cyclic amide) rings is 1. The third-order valence-corrected chi connectivity index (χ3v) is 12.6. The Morgan fingerprint density at radius 2 is 1.74 bits per heavy atom. The molecule has 2 aromatic carbocycles. The molecule has 3 aliphatic heterocycles. The van der Waals surface area contributed by atoms with Gasteiger partial charge in [0.1, 0.15) is 39.6 Å². The molecule has 4 atom stereocenters. The van der Waals surface area contributed by atoms with Gasteiger partial charge >= 0.3 is 17.6 Å². The molecule has 0 radical (unpaired) electrons. The molecule has 0 bridgehead atoms. The molecule has 4 heterocycles. The number of aromatic hydroxyl groups is 1. The average Bonchev–Trinajstić information content (AvgIpc) is 3.18. The minimum atomic E-state index is -1.32. The second-order valence-electron chi connectivity index (χ2n) is 13.6. The van der Waals surface area contributed by atoms with Crippen molar-refractivity contribution in [3.63, 3.8) is 0 Å². The lowest BCUT2D eigenvalue weighted by molar-refractivity contribution is -0.150. The van der Waals surface area contributed by atoms with E-state index in [1.54, 1.807) is 36.4 Å². The number of hydrogen-bond donors (Lipinski definition) is 6. The SMILES string of the molecule is O=C(CNCc1cc2c(oc1=O)=CC(O)C(Cl)C=2)NC1C(=O)N2C(C(=O)O)=C(CSc3ccc(-c4c5ccc(=O)cc-5oc5cc(O)ccc45)c(C(=O)O)c3)CSC12. The van der Waals surface area contributed by atoms with Crippen LogP contribution in [0.5, 0.6) is 5.75 Å². The molecule has 3 aromatic rings. The molecule has 4 unspecified atom stereocenters. The number of carbonyl (C=O) groups is 4. The van der Waals surface area contributed by atoms with Crippen LogP contribution in [0.2, 0.25) is 0 Å². The van der Waals surface area contributed by atoms with Crippen molar-refractivity contribution < 1.29 is 48.4 Å². The Bertz CT molecular complexity index is 2840. The number of phenolic OH excluding ortho intramolecular Hbond substituents is 1. The summed E-state index contributed by atoms with van der Waals surface area (Å²) in [6, 6.07) is 14.0. The normalized spacial score (nSPS) is 19.8. The van der Waals surface area contributed by atoms with E-state index in [0.29, 0.717) is 37.8 Å². The Kier molecular flexibility index (Phi) is 10.4. The minimum absolute atomic E-state index is 0.0378. The van der Waals surface area contributed by atoms with E-state index in [9.17, 15) is 49.2 Å². The van der Waals surface area contributed by atoms with Gasteiger partial charge in [-0.25, -0.2) is 14.4 Å². The smallest absolute Gasteiger partial charge is 0.352 e. The molecule has 1 fully saturated rings. The Labute approximate surface area is 339 Å². The summed E-state index contributed by atoms with van der Waals surface area (Å²) in [5.74, 6) is -3.24. The Morgan fingerprint density at radius 3 is 2.52 bits per heavy atom. The monoisotopic (exact) mass is 843 g/mol. The number of alkyl halides is 1. The van der Waals surface area contributed by atoms with E-state index >= 15 is 0 Å². The molecule has 15 nitrogen and oxygen atoms in total. The number of nitrogens with one attached hydrogen (secondary N) is 2. The van der Waals surface area contributed by atoms with Crippen LogP contribution in [-0.2, 0) is 20.9 Å². The van der Waals surface area contributed by atoms with Crippen LogP contribution in [0.1, 0.15) is 15.9 Å². The summed E-state index contributed by atoms with van der Waals surface area (Å²) >= 11 is 8.56. The topological polar surface area (TPSA) is 237 Å². The lowest BCUT2D eigenvalue weighted by Crippen LogP contribution is -2.71. The molecule has 0 spiro atoms. The summed E-state index contributed by atoms with van der Waals surface area (Å²) < 4.78 is 11.2. The number of carboxylic acids is 2. The fraction of sp³-hybridized carbons (Fsp3) is 0.200. The summed E-state index contributed by atoms with van der Waals surface area (Å²) in [6.45, 7) is -0.300. The summed E-state index contributed by atoms with van der Waals surface area (Å²) in [4.78, 5) is 77.6. The standard InChI is InChI=1S/C40H30ClN3O12S2/c41-27-8-17-7-18(40(54)56-29(17)12-28(27)47)13-42-14-32(48)43-34-36(49)44-35(39(52)53)19(16-58-37(34)44)15-57-22-3-6-23(26(11-22)38(50)51)33-24-4-1-20(45)9-30(24)55-31-10-21(46)2-5-25(31)33/h1-12,27-28,34,37,42,45,47H,13-16H2,(H,43,48)(H,50,51)(H,52,53). The van der Waals surface area contributed by atoms with Crippen molar-refractivity contribution in [3.05, 3.63) is 114 Å². The first-order valence-corrected chi connectivity index (χ1v) is 20.0. The van der Waals surface area contributed by atoms with Gasteiger partial charge in [-0.05, 0) is 59.7 Å². The number of aliphatic carboxylic acids is 1. The van der Waals surface area contributed by atoms with Gasteiger partial charge in [0, 0.05) is 56.8 Å². The van der Waals surface area contributed by atoms with Gasteiger partial charge in [0.2, 0.25) is 5.91 Å². The highest BCUT2D eigenvalue weighted by atomic mass is 35.5. The highest BCUT2D eigenvalue weighted by Gasteiger charge is 2.54. The van der Waals surface area contributed by atoms with Gasteiger partial charge < -0.3 is 39.9 Å². The number of benzene rings is 3. The van der Waals surface area contributed by atoms with Crippen LogP contribution >= 0.6 is 35.1 Å². The third-order valence-electron chi connectivity index (χ3n) is 9.81. The van der Waals surface area contributed by atoms with E-state index in [1.165, 1.54) is 59.9 Å². The summed E-state index contributed by atoms with van der Waals surface area (Å²) in [6.07, 6.45) is 1.90. The zero-order valence-electron chi connectivity index (χ0n) is 29.8. The van der Waals surface area contributed by atoms with Gasteiger partial charge in [-0.1, -0.05) is 12.1 Å². The Morgan fingerprint density at radius 1 is 0.948 bits per heavy atom. The van der Waals surface area contributed by atoms with Crippen molar-refractivity contribution in [3.8, 4) is 28.2 Å². The molecular formula is C40H30ClN3O12S2. The predicted molar refractivity (Wildman–Crippen MR) is 214 cm³/mol. The third kappa shape index (κ3) is 7.26. The summed E-state index contributed by atoms with van der Waals surface area (Å²) in [7, 11) is 0. The largest absolute Gasteiger partial charge is 0.508 e. The first-order chi connectivity index (χ1) is 27.8. The number of fused-ring (bicyclic) bond motifs is 4. The quantitative estimate of drug-likeness (QED) is 0.0483. The Balaban J connectivity index is 0.957. The van der Waals surface area contributed by atoms with Crippen LogP contribution in [0, 0.1) is 0 Å². The van der Waals surface area contributed by atoms with Crippen molar-refractivity contribution >= 4 is 82.0 Å². The fourth-order valence-electron chi connectivity index (χ4n) is 7.10. The molecule has 0 saturated carbocycles. The lowest BCUT2D eigenvalue weighted by atomic mass is 9.91. The minimum Gasteiger partial charge on any atom is -0.508 e. The number of rotatable bonds is 11. The number of aliphatic hydroxyl groups excluding tert-OH is 1. The zero-order valence-corrected chi connectivity index (χ0v) is 32.2. The number of amides is 2. The fourth-order valence-corrected chi connectivity index (χ4v) is 9.73. The zero-order chi connectivity index (χ0) is 41.0. The second kappa shape index (κ2) is 15.5. The molecular weight excluding hydrogens is 814 g/mol. The molecule has 296 valence electrons. The average molecular weight is 844 g/mol. The van der Waals surface area contributed by atoms with Gasteiger partial charge in [-0.15, -0.1) is 35.1 Å². The lowest BCUT2D eigenvalue weighted by Gasteiger charge is -2.49. The maximum Gasteiger partial charge on any atom is 0.352 e.